The van der Waals surface area contributed by atoms with Gasteiger partial charge >= 0.3 is 0 Å². The lowest BCUT2D eigenvalue weighted by Crippen LogP contribution is -2.78. The summed E-state index contributed by atoms with van der Waals surface area (Å²) < 4.78 is 5.93. The molecule has 1 nitrogen and oxygen atoms in total. The summed E-state index contributed by atoms with van der Waals surface area (Å²) >= 11 is 0. The van der Waals surface area contributed by atoms with Crippen molar-refractivity contribution in [2.45, 2.75) is 84.7 Å². The predicted molar refractivity (Wildman–Crippen MR) is 104 cm³/mol. The lowest BCUT2D eigenvalue weighted by atomic mass is 10.0. The average molecular weight is 347 g/mol. The summed E-state index contributed by atoms with van der Waals surface area (Å²) in [6.45, 7) is 18.0. The van der Waals surface area contributed by atoms with Crippen LogP contribution in [0.1, 0.15) is 45.4 Å². The van der Waals surface area contributed by atoms with Gasteiger partial charge in [0.2, 0.25) is 0 Å². The van der Waals surface area contributed by atoms with Crippen LogP contribution in [0.3, 0.4) is 0 Å². The van der Waals surface area contributed by atoms with Crippen molar-refractivity contribution in [3.63, 3.8) is 0 Å². The van der Waals surface area contributed by atoms with Crippen molar-refractivity contribution in [1.82, 2.24) is 0 Å². The second-order valence-corrected chi connectivity index (χ2v) is 46.2. The lowest BCUT2D eigenvalue weighted by molar-refractivity contribution is 0.412. The van der Waals surface area contributed by atoms with Crippen molar-refractivity contribution in [2.24, 2.45) is 5.92 Å². The Balaban J connectivity index is 0.000000217. The molecule has 1 aliphatic carbocycles. The van der Waals surface area contributed by atoms with Crippen molar-refractivity contribution in [3.05, 3.63) is 0 Å². The molecule has 1 saturated heterocycles. The van der Waals surface area contributed by atoms with Gasteiger partial charge in [-0.1, -0.05) is 84.7 Å². The molecule has 2 fully saturated rings. The molecule has 0 aromatic carbocycles. The van der Waals surface area contributed by atoms with Gasteiger partial charge in [0.05, 0.1) is 14.7 Å². The minimum Gasteiger partial charge on any atom is -0.431 e. The Morgan fingerprint density at radius 3 is 1.75 bits per heavy atom. The molecule has 0 atom stereocenters. The first-order valence-corrected chi connectivity index (χ1v) is 22.8. The van der Waals surface area contributed by atoms with Gasteiger partial charge in [0.1, 0.15) is 9.28 Å². The van der Waals surface area contributed by atoms with Crippen LogP contribution in [-0.4, -0.2) is 37.3 Å². The van der Waals surface area contributed by atoms with Crippen LogP contribution < -0.4 is 0 Å². The highest BCUT2D eigenvalue weighted by atomic mass is 29.8. The summed E-state index contributed by atoms with van der Waals surface area (Å²) in [6, 6.07) is 0. The molecule has 1 heterocycles. The van der Waals surface area contributed by atoms with Crippen LogP contribution in [0.15, 0.2) is 0 Å². The van der Waals surface area contributed by atoms with E-state index in [4.69, 9.17) is 4.43 Å². The Morgan fingerprint density at radius 2 is 1.35 bits per heavy atom. The maximum atomic E-state index is 5.93. The molecule has 0 amide bonds. The third-order valence-corrected chi connectivity index (χ3v) is 63.8. The Bertz CT molecular complexity index is 276. The van der Waals surface area contributed by atoms with E-state index in [1.807, 2.05) is 0 Å². The van der Waals surface area contributed by atoms with Gasteiger partial charge in [-0.2, -0.15) is 0 Å². The third kappa shape index (κ3) is 4.66. The van der Waals surface area contributed by atoms with Crippen molar-refractivity contribution < 1.29 is 4.43 Å². The fraction of sp³-hybridized carbons (Fsp3) is 1.00. The van der Waals surface area contributed by atoms with E-state index in [1.165, 1.54) is 44.8 Å². The van der Waals surface area contributed by atoms with E-state index in [1.54, 1.807) is 0 Å². The van der Waals surface area contributed by atoms with Gasteiger partial charge in [0.15, 0.2) is 0 Å². The zero-order chi connectivity index (χ0) is 15.4. The number of hydrogen-bond acceptors (Lipinski definition) is 1. The molecule has 0 aromatic rings. The molecule has 5 heteroatoms. The number of hydrogen-bond donors (Lipinski definition) is 0. The second-order valence-electron chi connectivity index (χ2n) is 8.98. The lowest BCUT2D eigenvalue weighted by Gasteiger charge is -2.51. The van der Waals surface area contributed by atoms with E-state index in [-0.39, 0.29) is 9.28 Å². The maximum Gasteiger partial charge on any atom is 0.147 e. The Labute approximate surface area is 132 Å². The van der Waals surface area contributed by atoms with E-state index < -0.39 is 21.8 Å². The minimum absolute atomic E-state index is 0.101. The SMILES string of the molecule is CC1CCCCCC1.C[Si]1(C)CO[SiH2][Si](C)(C)[Si]1(C)C. The van der Waals surface area contributed by atoms with Crippen LogP contribution in [-0.2, 0) is 4.43 Å². The Kier molecular flexibility index (Phi) is 6.98. The molecular weight excluding hydrogens is 309 g/mol. The van der Waals surface area contributed by atoms with E-state index in [0.29, 0.717) is 0 Å². The van der Waals surface area contributed by atoms with Gasteiger partial charge in [-0.05, 0) is 5.92 Å². The maximum absolute atomic E-state index is 5.93. The topological polar surface area (TPSA) is 9.23 Å². The molecule has 1 saturated carbocycles. The van der Waals surface area contributed by atoms with Crippen LogP contribution in [0.5, 0.6) is 0 Å². The van der Waals surface area contributed by atoms with Crippen LogP contribution >= 0.6 is 0 Å². The van der Waals surface area contributed by atoms with E-state index in [2.05, 4.69) is 46.2 Å². The van der Waals surface area contributed by atoms with Crippen LogP contribution in [0.2, 0.25) is 39.3 Å². The highest BCUT2D eigenvalue weighted by Gasteiger charge is 2.55. The van der Waals surface area contributed by atoms with Crippen molar-refractivity contribution in [3.8, 4) is 0 Å². The molecule has 2 rings (SSSR count). The normalized spacial score (nSPS) is 30.1. The third-order valence-electron chi connectivity index (χ3n) is 6.45. The Morgan fingerprint density at radius 1 is 0.850 bits per heavy atom. The van der Waals surface area contributed by atoms with Gasteiger partial charge in [0.25, 0.3) is 0 Å². The highest BCUT2D eigenvalue weighted by Crippen LogP contribution is 2.31. The van der Waals surface area contributed by atoms with Gasteiger partial charge in [0, 0.05) is 13.3 Å². The summed E-state index contributed by atoms with van der Waals surface area (Å²) in [7, 11) is -2.71. The Hall–Kier alpha value is 0.828. The van der Waals surface area contributed by atoms with E-state index in [9.17, 15) is 0 Å². The fourth-order valence-electron chi connectivity index (χ4n) is 3.32. The molecule has 120 valence electrons. The predicted octanol–water partition coefficient (Wildman–Crippen LogP) is 4.40. The van der Waals surface area contributed by atoms with Gasteiger partial charge in [-0.15, -0.1) is 0 Å². The molecular formula is C15H38OSi4. The molecule has 0 bridgehead atoms. The van der Waals surface area contributed by atoms with Crippen LogP contribution in [0.4, 0.5) is 0 Å². The molecule has 2 aliphatic rings. The van der Waals surface area contributed by atoms with Crippen molar-refractivity contribution in [2.75, 3.05) is 6.23 Å². The molecule has 0 aromatic heterocycles. The molecule has 1 aliphatic heterocycles. The quantitative estimate of drug-likeness (QED) is 0.467. The minimum atomic E-state index is -0.940. The van der Waals surface area contributed by atoms with E-state index >= 15 is 0 Å². The monoisotopic (exact) mass is 346 g/mol. The first-order valence-electron chi connectivity index (χ1n) is 8.68. The average Bonchev–Trinajstić information content (AvgIpc) is 2.55. The molecule has 0 unspecified atom stereocenters. The summed E-state index contributed by atoms with van der Waals surface area (Å²) in [5.74, 6) is 1.03. The molecule has 0 N–H and O–H groups in total. The molecule has 0 radical (unpaired) electrons. The summed E-state index contributed by atoms with van der Waals surface area (Å²) in [5, 5.41) is 0. The largest absolute Gasteiger partial charge is 0.431 e. The van der Waals surface area contributed by atoms with Crippen LogP contribution in [0, 0.1) is 5.92 Å². The summed E-state index contributed by atoms with van der Waals surface area (Å²) in [4.78, 5) is 0. The first-order chi connectivity index (χ1) is 9.10. The first kappa shape index (κ1) is 18.9. The van der Waals surface area contributed by atoms with Crippen molar-refractivity contribution in [1.29, 1.82) is 0 Å². The van der Waals surface area contributed by atoms with Crippen molar-refractivity contribution >= 4 is 31.1 Å². The summed E-state index contributed by atoms with van der Waals surface area (Å²) in [6.07, 6.45) is 10.1. The second kappa shape index (κ2) is 7.40. The zero-order valence-electron chi connectivity index (χ0n) is 15.1. The van der Waals surface area contributed by atoms with Gasteiger partial charge in [-0.25, -0.2) is 0 Å². The molecule has 0 spiro atoms. The van der Waals surface area contributed by atoms with Crippen LogP contribution in [0.25, 0.3) is 0 Å². The molecule has 20 heavy (non-hydrogen) atoms. The standard InChI is InChI=1S/C8H16.C7H22OSi4/c1-8-6-4-2-3-5-7-8;1-10(2)7-8-9-11(3,4)12(10,5)6/h8H,2-7H2,1H3;7,9H2,1-6H3. The zero-order valence-corrected chi connectivity index (χ0v) is 19.6. The van der Waals surface area contributed by atoms with Gasteiger partial charge in [-0.3, -0.25) is 0 Å². The van der Waals surface area contributed by atoms with Gasteiger partial charge < -0.3 is 4.43 Å². The summed E-state index contributed by atoms with van der Waals surface area (Å²) in [5.41, 5.74) is 0. The smallest absolute Gasteiger partial charge is 0.147 e. The van der Waals surface area contributed by atoms with E-state index in [0.717, 1.165) is 5.92 Å². The number of rotatable bonds is 0. The highest BCUT2D eigenvalue weighted by molar-refractivity contribution is 7.78. The fourth-order valence-corrected chi connectivity index (χ4v) is 56.0.